The molecule has 1 aliphatic rings. The van der Waals surface area contributed by atoms with Gasteiger partial charge in [-0.2, -0.15) is 0 Å². The number of hydrogen-bond acceptors (Lipinski definition) is 4. The first-order chi connectivity index (χ1) is 9.13. The standard InChI is InChI=1S/C15H31N3O2/c1-14(2,3)10-12(19)11-17-13(20)15(4,5)18-8-6-16-7-9-18/h12,16,19H,6-11H2,1-5H3,(H,17,20). The van der Waals surface area contributed by atoms with Gasteiger partial charge < -0.3 is 15.7 Å². The second-order valence-corrected chi connectivity index (χ2v) is 7.42. The van der Waals surface area contributed by atoms with E-state index in [0.717, 1.165) is 26.2 Å². The number of aliphatic hydroxyl groups is 1. The van der Waals surface area contributed by atoms with Gasteiger partial charge in [-0.15, -0.1) is 0 Å². The van der Waals surface area contributed by atoms with E-state index in [-0.39, 0.29) is 11.3 Å². The lowest BCUT2D eigenvalue weighted by Crippen LogP contribution is -2.60. The average molecular weight is 285 g/mol. The van der Waals surface area contributed by atoms with Crippen molar-refractivity contribution in [2.45, 2.75) is 52.7 Å². The fraction of sp³-hybridized carbons (Fsp3) is 0.933. The molecule has 5 nitrogen and oxygen atoms in total. The van der Waals surface area contributed by atoms with Crippen molar-refractivity contribution in [2.24, 2.45) is 5.41 Å². The minimum absolute atomic E-state index is 0.00707. The summed E-state index contributed by atoms with van der Waals surface area (Å²) in [5.41, 5.74) is -0.457. The van der Waals surface area contributed by atoms with Crippen LogP contribution in [0.5, 0.6) is 0 Å². The Bertz CT molecular complexity index is 318. The molecule has 1 saturated heterocycles. The summed E-state index contributed by atoms with van der Waals surface area (Å²) in [5.74, 6) is -0.00707. The summed E-state index contributed by atoms with van der Waals surface area (Å²) in [6.45, 7) is 14.1. The summed E-state index contributed by atoms with van der Waals surface area (Å²) in [5, 5.41) is 16.2. The molecule has 1 atom stereocenters. The monoisotopic (exact) mass is 285 g/mol. The number of carbonyl (C=O) groups excluding carboxylic acids is 1. The van der Waals surface area contributed by atoms with Gasteiger partial charge in [0.1, 0.15) is 0 Å². The van der Waals surface area contributed by atoms with Crippen molar-refractivity contribution in [3.63, 3.8) is 0 Å². The summed E-state index contributed by atoms with van der Waals surface area (Å²) in [6, 6.07) is 0. The lowest BCUT2D eigenvalue weighted by atomic mass is 9.89. The molecule has 5 heteroatoms. The van der Waals surface area contributed by atoms with Gasteiger partial charge in [-0.25, -0.2) is 0 Å². The first kappa shape index (κ1) is 17.4. The lowest BCUT2D eigenvalue weighted by molar-refractivity contribution is -0.132. The Morgan fingerprint density at radius 3 is 2.30 bits per heavy atom. The molecule has 0 aliphatic carbocycles. The van der Waals surface area contributed by atoms with Gasteiger partial charge >= 0.3 is 0 Å². The third-order valence-corrected chi connectivity index (χ3v) is 3.81. The molecule has 0 aromatic heterocycles. The van der Waals surface area contributed by atoms with Crippen LogP contribution in [0.2, 0.25) is 0 Å². The highest BCUT2D eigenvalue weighted by Crippen LogP contribution is 2.20. The number of amides is 1. The van der Waals surface area contributed by atoms with Crippen LogP contribution in [0.25, 0.3) is 0 Å². The molecule has 1 unspecified atom stereocenters. The predicted octanol–water partition coefficient (Wildman–Crippen LogP) is 0.584. The van der Waals surface area contributed by atoms with Crippen molar-refractivity contribution in [3.05, 3.63) is 0 Å². The van der Waals surface area contributed by atoms with E-state index in [4.69, 9.17) is 0 Å². The van der Waals surface area contributed by atoms with Crippen molar-refractivity contribution in [1.82, 2.24) is 15.5 Å². The van der Waals surface area contributed by atoms with E-state index in [9.17, 15) is 9.90 Å². The topological polar surface area (TPSA) is 64.6 Å². The van der Waals surface area contributed by atoms with Crippen LogP contribution in [0.15, 0.2) is 0 Å². The van der Waals surface area contributed by atoms with Gasteiger partial charge in [0.15, 0.2) is 0 Å². The summed E-state index contributed by atoms with van der Waals surface area (Å²) in [4.78, 5) is 14.5. The first-order valence-corrected chi connectivity index (χ1v) is 7.55. The first-order valence-electron chi connectivity index (χ1n) is 7.55. The van der Waals surface area contributed by atoms with E-state index in [2.05, 4.69) is 36.3 Å². The van der Waals surface area contributed by atoms with E-state index in [1.807, 2.05) is 13.8 Å². The average Bonchev–Trinajstić information content (AvgIpc) is 2.35. The second kappa shape index (κ2) is 6.87. The van der Waals surface area contributed by atoms with Gasteiger partial charge in [0, 0.05) is 32.7 Å². The fourth-order valence-corrected chi connectivity index (χ4v) is 2.57. The van der Waals surface area contributed by atoms with Crippen LogP contribution < -0.4 is 10.6 Å². The second-order valence-electron chi connectivity index (χ2n) is 7.42. The Kier molecular flexibility index (Phi) is 5.98. The zero-order valence-electron chi connectivity index (χ0n) is 13.6. The summed E-state index contributed by atoms with van der Waals surface area (Å²) >= 11 is 0. The van der Waals surface area contributed by atoms with Crippen LogP contribution in [0.3, 0.4) is 0 Å². The Morgan fingerprint density at radius 2 is 1.80 bits per heavy atom. The Morgan fingerprint density at radius 1 is 1.25 bits per heavy atom. The number of nitrogens with one attached hydrogen (secondary N) is 2. The van der Waals surface area contributed by atoms with Crippen molar-refractivity contribution >= 4 is 5.91 Å². The Hall–Kier alpha value is -0.650. The number of carbonyl (C=O) groups is 1. The molecule has 118 valence electrons. The van der Waals surface area contributed by atoms with Crippen molar-refractivity contribution in [3.8, 4) is 0 Å². The lowest BCUT2D eigenvalue weighted by Gasteiger charge is -2.40. The fourth-order valence-electron chi connectivity index (χ4n) is 2.57. The van der Waals surface area contributed by atoms with Crippen LogP contribution >= 0.6 is 0 Å². The number of aliphatic hydroxyl groups excluding tert-OH is 1. The SMILES string of the molecule is CC(C)(C)CC(O)CNC(=O)C(C)(C)N1CCNCC1. The molecule has 0 bridgehead atoms. The molecule has 20 heavy (non-hydrogen) atoms. The smallest absolute Gasteiger partial charge is 0.240 e. The molecule has 0 spiro atoms. The van der Waals surface area contributed by atoms with E-state index in [1.54, 1.807) is 0 Å². The molecule has 1 aliphatic heterocycles. The van der Waals surface area contributed by atoms with Crippen LogP contribution in [-0.2, 0) is 4.79 Å². The molecule has 0 radical (unpaired) electrons. The molecule has 1 heterocycles. The normalized spacial score (nSPS) is 19.7. The highest BCUT2D eigenvalue weighted by molar-refractivity contribution is 5.85. The van der Waals surface area contributed by atoms with Crippen LogP contribution in [-0.4, -0.2) is 60.3 Å². The Labute approximate surface area is 123 Å². The quantitative estimate of drug-likeness (QED) is 0.691. The molecule has 0 aromatic rings. The largest absolute Gasteiger partial charge is 0.391 e. The minimum atomic E-state index is -0.524. The van der Waals surface area contributed by atoms with E-state index in [0.29, 0.717) is 13.0 Å². The van der Waals surface area contributed by atoms with E-state index in [1.165, 1.54) is 0 Å². The van der Waals surface area contributed by atoms with Crippen LogP contribution in [0.4, 0.5) is 0 Å². The van der Waals surface area contributed by atoms with Gasteiger partial charge in [0.25, 0.3) is 0 Å². The zero-order chi connectivity index (χ0) is 15.4. The van der Waals surface area contributed by atoms with Crippen LogP contribution in [0.1, 0.15) is 41.0 Å². The zero-order valence-corrected chi connectivity index (χ0v) is 13.6. The summed E-state index contributed by atoms with van der Waals surface area (Å²) in [6.07, 6.45) is 0.194. The molecular weight excluding hydrogens is 254 g/mol. The maximum atomic E-state index is 12.3. The van der Waals surface area contributed by atoms with Crippen molar-refractivity contribution in [2.75, 3.05) is 32.7 Å². The number of nitrogens with zero attached hydrogens (tertiary/aromatic N) is 1. The third-order valence-electron chi connectivity index (χ3n) is 3.81. The predicted molar refractivity (Wildman–Crippen MR) is 81.6 cm³/mol. The molecule has 0 aromatic carbocycles. The van der Waals surface area contributed by atoms with Gasteiger partial charge in [-0.05, 0) is 25.7 Å². The molecule has 0 saturated carbocycles. The Balaban J connectivity index is 2.44. The molecular formula is C15H31N3O2. The maximum absolute atomic E-state index is 12.3. The molecule has 1 amide bonds. The maximum Gasteiger partial charge on any atom is 0.240 e. The van der Waals surface area contributed by atoms with Crippen molar-refractivity contribution < 1.29 is 9.90 Å². The molecule has 3 N–H and O–H groups in total. The number of piperazine rings is 1. The highest BCUT2D eigenvalue weighted by atomic mass is 16.3. The molecule has 1 rings (SSSR count). The van der Waals surface area contributed by atoms with Gasteiger partial charge in [-0.1, -0.05) is 20.8 Å². The third kappa shape index (κ3) is 5.38. The van der Waals surface area contributed by atoms with Gasteiger partial charge in [0.2, 0.25) is 5.91 Å². The van der Waals surface area contributed by atoms with Crippen molar-refractivity contribution in [1.29, 1.82) is 0 Å². The summed E-state index contributed by atoms with van der Waals surface area (Å²) < 4.78 is 0. The number of hydrogen-bond donors (Lipinski definition) is 3. The van der Waals surface area contributed by atoms with E-state index < -0.39 is 11.6 Å². The number of rotatable bonds is 5. The summed E-state index contributed by atoms with van der Waals surface area (Å²) in [7, 11) is 0. The van der Waals surface area contributed by atoms with E-state index >= 15 is 0 Å². The molecule has 1 fully saturated rings. The van der Waals surface area contributed by atoms with Gasteiger partial charge in [-0.3, -0.25) is 9.69 Å². The van der Waals surface area contributed by atoms with Gasteiger partial charge in [0.05, 0.1) is 11.6 Å². The highest BCUT2D eigenvalue weighted by Gasteiger charge is 2.35. The van der Waals surface area contributed by atoms with Crippen LogP contribution in [0, 0.1) is 5.41 Å². The minimum Gasteiger partial charge on any atom is -0.391 e.